The quantitative estimate of drug-likeness (QED) is 0.651. The number of nitrogens with zero attached hydrogens (tertiary/aromatic N) is 1. The molecular formula is C17H26N2O2. The molecular weight excluding hydrogens is 264 g/mol. The third-order valence-corrected chi connectivity index (χ3v) is 3.61. The van der Waals surface area contributed by atoms with Crippen molar-refractivity contribution in [2.45, 2.75) is 57.7 Å². The van der Waals surface area contributed by atoms with Crippen LogP contribution in [0.15, 0.2) is 24.3 Å². The van der Waals surface area contributed by atoms with Crippen molar-refractivity contribution in [2.75, 3.05) is 11.9 Å². The van der Waals surface area contributed by atoms with E-state index in [4.69, 9.17) is 5.26 Å². The highest BCUT2D eigenvalue weighted by Crippen LogP contribution is 2.23. The van der Waals surface area contributed by atoms with Crippen LogP contribution < -0.4 is 5.32 Å². The van der Waals surface area contributed by atoms with Crippen molar-refractivity contribution in [3.05, 3.63) is 29.8 Å². The van der Waals surface area contributed by atoms with E-state index >= 15 is 0 Å². The fourth-order valence-electron chi connectivity index (χ4n) is 2.56. The van der Waals surface area contributed by atoms with Crippen molar-refractivity contribution in [2.24, 2.45) is 0 Å². The Morgan fingerprint density at radius 3 is 2.52 bits per heavy atom. The van der Waals surface area contributed by atoms with Crippen LogP contribution >= 0.6 is 0 Å². The Balaban J connectivity index is 2.70. The van der Waals surface area contributed by atoms with Gasteiger partial charge in [0.2, 0.25) is 0 Å². The van der Waals surface area contributed by atoms with Crippen LogP contribution in [0, 0.1) is 11.3 Å². The van der Waals surface area contributed by atoms with Crippen molar-refractivity contribution in [1.29, 1.82) is 5.26 Å². The number of rotatable bonds is 9. The summed E-state index contributed by atoms with van der Waals surface area (Å²) in [5.74, 6) is 0. The lowest BCUT2D eigenvalue weighted by Crippen LogP contribution is -2.36. The number of hydrogen-bond acceptors (Lipinski definition) is 4. The van der Waals surface area contributed by atoms with Crippen LogP contribution in [-0.2, 0) is 0 Å². The van der Waals surface area contributed by atoms with Crippen molar-refractivity contribution in [1.82, 2.24) is 0 Å². The van der Waals surface area contributed by atoms with Gasteiger partial charge in [-0.2, -0.15) is 5.26 Å². The number of benzene rings is 1. The van der Waals surface area contributed by atoms with Crippen LogP contribution in [0.3, 0.4) is 0 Å². The minimum atomic E-state index is -0.762. The van der Waals surface area contributed by atoms with Crippen LogP contribution in [0.1, 0.15) is 57.6 Å². The van der Waals surface area contributed by atoms with Gasteiger partial charge in [-0.25, -0.2) is 0 Å². The first-order valence-corrected chi connectivity index (χ1v) is 7.66. The predicted octanol–water partition coefficient (Wildman–Crippen LogP) is 3.38. The molecule has 0 spiro atoms. The van der Waals surface area contributed by atoms with Crippen molar-refractivity contribution in [3.8, 4) is 6.07 Å². The highest BCUT2D eigenvalue weighted by Gasteiger charge is 2.24. The molecule has 4 nitrogen and oxygen atoms in total. The predicted molar refractivity (Wildman–Crippen MR) is 84.9 cm³/mol. The molecule has 3 N–H and O–H groups in total. The van der Waals surface area contributed by atoms with Gasteiger partial charge in [-0.15, -0.1) is 0 Å². The molecule has 0 aromatic heterocycles. The van der Waals surface area contributed by atoms with E-state index in [0.717, 1.165) is 36.9 Å². The third-order valence-electron chi connectivity index (χ3n) is 3.61. The number of hydrogen-bond donors (Lipinski definition) is 3. The summed E-state index contributed by atoms with van der Waals surface area (Å²) in [6.45, 7) is 4.63. The maximum absolute atomic E-state index is 10.6. The van der Waals surface area contributed by atoms with E-state index < -0.39 is 11.7 Å². The molecule has 4 heteroatoms. The minimum Gasteiger partial charge on any atom is -0.388 e. The van der Waals surface area contributed by atoms with Gasteiger partial charge in [0.15, 0.2) is 0 Å². The molecule has 0 aliphatic heterocycles. The van der Waals surface area contributed by atoms with Gasteiger partial charge in [0.1, 0.15) is 0 Å². The van der Waals surface area contributed by atoms with Gasteiger partial charge in [-0.1, -0.05) is 38.8 Å². The Hall–Kier alpha value is -1.57. The highest BCUT2D eigenvalue weighted by atomic mass is 16.3. The second kappa shape index (κ2) is 8.66. The summed E-state index contributed by atoms with van der Waals surface area (Å²) < 4.78 is 0. The Bertz CT molecular complexity index is 462. The van der Waals surface area contributed by atoms with E-state index in [1.54, 1.807) is 6.07 Å². The number of aliphatic hydroxyl groups is 2. The zero-order chi connectivity index (χ0) is 15.7. The summed E-state index contributed by atoms with van der Waals surface area (Å²) in [5.41, 5.74) is 0.885. The van der Waals surface area contributed by atoms with Crippen molar-refractivity contribution in [3.63, 3.8) is 0 Å². The topological polar surface area (TPSA) is 76.3 Å². The van der Waals surface area contributed by atoms with Gasteiger partial charge in [0, 0.05) is 12.2 Å². The minimum absolute atomic E-state index is 0.0824. The average Bonchev–Trinajstić information content (AvgIpc) is 2.46. The first kappa shape index (κ1) is 17.5. The van der Waals surface area contributed by atoms with Gasteiger partial charge in [-0.05, 0) is 30.5 Å². The zero-order valence-corrected chi connectivity index (χ0v) is 13.0. The molecule has 0 saturated heterocycles. The van der Waals surface area contributed by atoms with Gasteiger partial charge in [-0.3, -0.25) is 0 Å². The summed E-state index contributed by atoms with van der Waals surface area (Å²) in [6.07, 6.45) is 2.74. The SMILES string of the molecule is CCCC(O)(CCC)CNc1cccc(C(O)CC#N)c1. The molecule has 0 radical (unpaired) electrons. The second-order valence-corrected chi connectivity index (χ2v) is 5.58. The first-order valence-electron chi connectivity index (χ1n) is 7.66. The van der Waals surface area contributed by atoms with E-state index in [9.17, 15) is 10.2 Å². The fourth-order valence-corrected chi connectivity index (χ4v) is 2.56. The summed E-state index contributed by atoms with van der Waals surface area (Å²) in [7, 11) is 0. The summed E-state index contributed by atoms with van der Waals surface area (Å²) >= 11 is 0. The first-order chi connectivity index (χ1) is 10.0. The zero-order valence-electron chi connectivity index (χ0n) is 13.0. The van der Waals surface area contributed by atoms with Crippen LogP contribution in [0.2, 0.25) is 0 Å². The Morgan fingerprint density at radius 2 is 1.95 bits per heavy atom. The number of nitriles is 1. The molecule has 0 bridgehead atoms. The summed E-state index contributed by atoms with van der Waals surface area (Å²) in [6, 6.07) is 9.35. The van der Waals surface area contributed by atoms with E-state index in [1.807, 2.05) is 24.3 Å². The lowest BCUT2D eigenvalue weighted by Gasteiger charge is -2.28. The molecule has 0 aliphatic rings. The smallest absolute Gasteiger partial charge is 0.0920 e. The van der Waals surface area contributed by atoms with Crippen molar-refractivity contribution < 1.29 is 10.2 Å². The van der Waals surface area contributed by atoms with Crippen LogP contribution in [-0.4, -0.2) is 22.4 Å². The Labute approximate surface area is 127 Å². The molecule has 0 amide bonds. The van der Waals surface area contributed by atoms with Gasteiger partial charge in [0.05, 0.1) is 24.2 Å². The standard InChI is InChI=1S/C17H26N2O2/c1-3-9-17(21,10-4-2)13-19-15-7-5-6-14(12-15)16(20)8-11-18/h5-7,12,16,19-21H,3-4,8-10,13H2,1-2H3. The molecule has 1 aromatic carbocycles. The molecule has 1 atom stereocenters. The van der Waals surface area contributed by atoms with Crippen molar-refractivity contribution >= 4 is 5.69 Å². The molecule has 0 fully saturated rings. The third kappa shape index (κ3) is 5.74. The number of anilines is 1. The lowest BCUT2D eigenvalue weighted by atomic mass is 9.92. The molecule has 0 heterocycles. The molecule has 0 aliphatic carbocycles. The second-order valence-electron chi connectivity index (χ2n) is 5.58. The Morgan fingerprint density at radius 1 is 1.29 bits per heavy atom. The average molecular weight is 290 g/mol. The Kier molecular flexibility index (Phi) is 7.21. The molecule has 1 rings (SSSR count). The van der Waals surface area contributed by atoms with Crippen LogP contribution in [0.5, 0.6) is 0 Å². The van der Waals surface area contributed by atoms with Crippen LogP contribution in [0.4, 0.5) is 5.69 Å². The molecule has 21 heavy (non-hydrogen) atoms. The van der Waals surface area contributed by atoms with Crippen LogP contribution in [0.25, 0.3) is 0 Å². The fraction of sp³-hybridized carbons (Fsp3) is 0.588. The number of aliphatic hydroxyl groups excluding tert-OH is 1. The maximum Gasteiger partial charge on any atom is 0.0920 e. The molecule has 116 valence electrons. The molecule has 0 saturated carbocycles. The highest BCUT2D eigenvalue weighted by molar-refractivity contribution is 5.46. The van der Waals surface area contributed by atoms with Gasteiger partial charge in [0.25, 0.3) is 0 Å². The van der Waals surface area contributed by atoms with E-state index in [-0.39, 0.29) is 6.42 Å². The summed E-state index contributed by atoms with van der Waals surface area (Å²) in [4.78, 5) is 0. The lowest BCUT2D eigenvalue weighted by molar-refractivity contribution is 0.0344. The normalized spacial score (nSPS) is 12.7. The molecule has 1 unspecified atom stereocenters. The van der Waals surface area contributed by atoms with E-state index in [1.165, 1.54) is 0 Å². The summed E-state index contributed by atoms with van der Waals surface area (Å²) in [5, 5.41) is 32.3. The van der Waals surface area contributed by atoms with E-state index in [2.05, 4.69) is 19.2 Å². The van der Waals surface area contributed by atoms with Gasteiger partial charge < -0.3 is 15.5 Å². The monoisotopic (exact) mass is 290 g/mol. The van der Waals surface area contributed by atoms with E-state index in [0.29, 0.717) is 6.54 Å². The largest absolute Gasteiger partial charge is 0.388 e. The molecule has 1 aromatic rings. The maximum atomic E-state index is 10.6. The van der Waals surface area contributed by atoms with Gasteiger partial charge >= 0.3 is 0 Å². The number of nitrogens with one attached hydrogen (secondary N) is 1.